The number of nitro benzene ring substituents is 1. The molecule has 3 N–H and O–H groups in total. The summed E-state index contributed by atoms with van der Waals surface area (Å²) in [5.74, 6) is 5.92. The second kappa shape index (κ2) is 5.76. The van der Waals surface area contributed by atoms with Gasteiger partial charge in [0, 0.05) is 11.8 Å². The molecule has 0 fully saturated rings. The lowest BCUT2D eigenvalue weighted by Crippen LogP contribution is -2.09. The molecule has 94 valence electrons. The van der Waals surface area contributed by atoms with Gasteiger partial charge in [0.25, 0.3) is 5.69 Å². The van der Waals surface area contributed by atoms with Crippen LogP contribution in [0.2, 0.25) is 0 Å². The molecule has 1 aromatic carbocycles. The molecule has 18 heavy (non-hydrogen) atoms. The predicted molar refractivity (Wildman–Crippen MR) is 70.4 cm³/mol. The zero-order valence-electron chi connectivity index (χ0n) is 9.07. The highest BCUT2D eigenvalue weighted by Crippen LogP contribution is 2.28. The number of thioether (sulfide) groups is 1. The van der Waals surface area contributed by atoms with Gasteiger partial charge in [0.05, 0.1) is 4.92 Å². The second-order valence-corrected chi connectivity index (χ2v) is 5.25. The summed E-state index contributed by atoms with van der Waals surface area (Å²) in [4.78, 5) is 14.3. The zero-order valence-corrected chi connectivity index (χ0v) is 10.7. The van der Waals surface area contributed by atoms with Crippen molar-refractivity contribution in [2.45, 2.75) is 10.1 Å². The van der Waals surface area contributed by atoms with Crippen molar-refractivity contribution >= 4 is 34.7 Å². The number of benzene rings is 1. The van der Waals surface area contributed by atoms with E-state index in [0.29, 0.717) is 11.4 Å². The first kappa shape index (κ1) is 12.7. The third-order valence-corrected chi connectivity index (χ3v) is 3.99. The molecule has 2 aromatic rings. The Morgan fingerprint density at radius 1 is 1.56 bits per heavy atom. The maximum absolute atomic E-state index is 10.7. The summed E-state index contributed by atoms with van der Waals surface area (Å²) < 4.78 is 4.75. The number of hydrogen-bond acceptors (Lipinski definition) is 8. The summed E-state index contributed by atoms with van der Waals surface area (Å²) in [6, 6.07) is 4.80. The van der Waals surface area contributed by atoms with Gasteiger partial charge in [-0.05, 0) is 23.2 Å². The molecule has 0 aliphatic rings. The monoisotopic (exact) mass is 283 g/mol. The van der Waals surface area contributed by atoms with E-state index in [1.807, 2.05) is 0 Å². The summed E-state index contributed by atoms with van der Waals surface area (Å²) in [6.07, 6.45) is 1.50. The molecule has 0 amide bonds. The first-order chi connectivity index (χ1) is 8.70. The molecule has 0 saturated carbocycles. The fraction of sp³-hybridized carbons (Fsp3) is 0.111. The Labute approximate surface area is 111 Å². The van der Waals surface area contributed by atoms with Crippen LogP contribution in [0.25, 0.3) is 0 Å². The van der Waals surface area contributed by atoms with Crippen LogP contribution in [0.5, 0.6) is 0 Å². The van der Waals surface area contributed by atoms with E-state index in [2.05, 4.69) is 14.8 Å². The van der Waals surface area contributed by atoms with E-state index in [4.69, 9.17) is 5.84 Å². The molecule has 0 aliphatic heterocycles. The first-order valence-electron chi connectivity index (χ1n) is 4.84. The van der Waals surface area contributed by atoms with Crippen molar-refractivity contribution in [1.29, 1.82) is 0 Å². The minimum absolute atomic E-state index is 0.0397. The normalized spacial score (nSPS) is 10.3. The smallest absolute Gasteiger partial charge is 0.293 e. The number of anilines is 1. The highest BCUT2D eigenvalue weighted by Gasteiger charge is 2.13. The summed E-state index contributed by atoms with van der Waals surface area (Å²) in [7, 11) is 0. The van der Waals surface area contributed by atoms with Crippen molar-refractivity contribution in [3.63, 3.8) is 0 Å². The molecule has 0 atom stereocenters. The molecule has 0 aliphatic carbocycles. The van der Waals surface area contributed by atoms with Crippen molar-refractivity contribution in [3.05, 3.63) is 40.2 Å². The number of nitrogens with one attached hydrogen (secondary N) is 1. The van der Waals surface area contributed by atoms with Crippen molar-refractivity contribution in [2.24, 2.45) is 5.84 Å². The van der Waals surface area contributed by atoms with E-state index in [0.717, 1.165) is 9.90 Å². The Kier molecular flexibility index (Phi) is 4.07. The van der Waals surface area contributed by atoms with Gasteiger partial charge in [-0.25, -0.2) is 4.98 Å². The lowest BCUT2D eigenvalue weighted by atomic mass is 10.2. The Bertz CT molecular complexity index is 546. The van der Waals surface area contributed by atoms with Gasteiger partial charge in [0.15, 0.2) is 4.34 Å². The largest absolute Gasteiger partial charge is 0.318 e. The zero-order chi connectivity index (χ0) is 13.0. The molecule has 0 radical (unpaired) electrons. The van der Waals surface area contributed by atoms with E-state index in [-0.39, 0.29) is 5.69 Å². The number of aromatic nitrogens is 2. The Morgan fingerprint density at radius 2 is 2.39 bits per heavy atom. The van der Waals surface area contributed by atoms with Gasteiger partial charge < -0.3 is 5.43 Å². The standard InChI is InChI=1S/C9H9N5O2S2/c10-13-7-3-6(1-2-8(7)14(15)16)4-17-9-11-5-12-18-9/h1-3,5,13H,4,10H2. The summed E-state index contributed by atoms with van der Waals surface area (Å²) in [5, 5.41) is 10.7. The first-order valence-corrected chi connectivity index (χ1v) is 6.60. The molecule has 0 bridgehead atoms. The van der Waals surface area contributed by atoms with E-state index in [1.54, 1.807) is 12.1 Å². The van der Waals surface area contributed by atoms with Gasteiger partial charge in [-0.1, -0.05) is 17.8 Å². The van der Waals surface area contributed by atoms with Gasteiger partial charge in [0.1, 0.15) is 12.0 Å². The summed E-state index contributed by atoms with van der Waals surface area (Å²) in [6.45, 7) is 0. The second-order valence-electron chi connectivity index (χ2n) is 3.25. The number of nitro groups is 1. The van der Waals surface area contributed by atoms with Gasteiger partial charge in [-0.2, -0.15) is 4.37 Å². The molecule has 0 saturated heterocycles. The lowest BCUT2D eigenvalue weighted by Gasteiger charge is -2.04. The third kappa shape index (κ3) is 2.94. The molecule has 9 heteroatoms. The number of nitrogens with zero attached hydrogens (tertiary/aromatic N) is 3. The van der Waals surface area contributed by atoms with Crippen molar-refractivity contribution in [3.8, 4) is 0 Å². The van der Waals surface area contributed by atoms with Crippen molar-refractivity contribution < 1.29 is 4.92 Å². The van der Waals surface area contributed by atoms with Crippen LogP contribution >= 0.6 is 23.3 Å². The SMILES string of the molecule is NNc1cc(CSc2ncns2)ccc1[N+](=O)[O-]. The van der Waals surface area contributed by atoms with E-state index in [9.17, 15) is 10.1 Å². The van der Waals surface area contributed by atoms with Gasteiger partial charge in [-0.15, -0.1) is 0 Å². The summed E-state index contributed by atoms with van der Waals surface area (Å²) in [5.41, 5.74) is 3.52. The average Bonchev–Trinajstić information content (AvgIpc) is 2.88. The number of hydrazine groups is 1. The van der Waals surface area contributed by atoms with Crippen molar-refractivity contribution in [1.82, 2.24) is 9.36 Å². The van der Waals surface area contributed by atoms with Crippen LogP contribution < -0.4 is 11.3 Å². The van der Waals surface area contributed by atoms with Crippen LogP contribution in [0.15, 0.2) is 28.9 Å². The molecule has 0 spiro atoms. The van der Waals surface area contributed by atoms with Crippen LogP contribution in [0.1, 0.15) is 5.56 Å². The van der Waals surface area contributed by atoms with Crippen molar-refractivity contribution in [2.75, 3.05) is 5.43 Å². The quantitative estimate of drug-likeness (QED) is 0.374. The van der Waals surface area contributed by atoms with Crippen LogP contribution in [0, 0.1) is 10.1 Å². The van der Waals surface area contributed by atoms with Gasteiger partial charge >= 0.3 is 0 Å². The fourth-order valence-corrected chi connectivity index (χ4v) is 2.71. The molecule has 1 heterocycles. The Balaban J connectivity index is 2.12. The van der Waals surface area contributed by atoms with E-state index >= 15 is 0 Å². The summed E-state index contributed by atoms with van der Waals surface area (Å²) >= 11 is 2.83. The predicted octanol–water partition coefficient (Wildman–Crippen LogP) is 2.02. The maximum Gasteiger partial charge on any atom is 0.293 e. The number of nitrogen functional groups attached to an aromatic ring is 1. The highest BCUT2D eigenvalue weighted by molar-refractivity contribution is 8.00. The Morgan fingerprint density at radius 3 is 3.00 bits per heavy atom. The number of rotatable bonds is 5. The van der Waals surface area contributed by atoms with Crippen LogP contribution in [-0.2, 0) is 5.75 Å². The molecule has 7 nitrogen and oxygen atoms in total. The molecular weight excluding hydrogens is 274 g/mol. The van der Waals surface area contributed by atoms with Crippen LogP contribution in [-0.4, -0.2) is 14.3 Å². The van der Waals surface area contributed by atoms with Gasteiger partial charge in [0.2, 0.25) is 0 Å². The molecule has 0 unspecified atom stereocenters. The van der Waals surface area contributed by atoms with Crippen LogP contribution in [0.4, 0.5) is 11.4 Å². The number of nitrogens with two attached hydrogens (primary N) is 1. The average molecular weight is 283 g/mol. The number of hydrogen-bond donors (Lipinski definition) is 2. The minimum Gasteiger partial charge on any atom is -0.318 e. The minimum atomic E-state index is -0.475. The molecule has 1 aromatic heterocycles. The highest BCUT2D eigenvalue weighted by atomic mass is 32.2. The fourth-order valence-electron chi connectivity index (χ4n) is 1.32. The topological polar surface area (TPSA) is 107 Å². The lowest BCUT2D eigenvalue weighted by molar-refractivity contribution is -0.384. The van der Waals surface area contributed by atoms with E-state index in [1.165, 1.54) is 35.7 Å². The molecule has 2 rings (SSSR count). The maximum atomic E-state index is 10.7. The molecular formula is C9H9N5O2S2. The Hall–Kier alpha value is -1.71. The van der Waals surface area contributed by atoms with Crippen LogP contribution in [0.3, 0.4) is 0 Å². The van der Waals surface area contributed by atoms with Gasteiger partial charge in [-0.3, -0.25) is 16.0 Å². The van der Waals surface area contributed by atoms with E-state index < -0.39 is 4.92 Å². The third-order valence-electron chi connectivity index (χ3n) is 2.12.